The first kappa shape index (κ1) is 16.0. The molecule has 0 N–H and O–H groups in total. The quantitative estimate of drug-likeness (QED) is 0.655. The van der Waals surface area contributed by atoms with Crippen LogP contribution in [0.1, 0.15) is 47.5 Å². The highest BCUT2D eigenvalue weighted by Crippen LogP contribution is 2.17. The van der Waals surface area contributed by atoms with E-state index < -0.39 is 0 Å². The third-order valence-corrected chi connectivity index (χ3v) is 4.60. The maximum Gasteiger partial charge on any atom is 0.236 e. The Kier molecular flexibility index (Phi) is 8.08. The predicted octanol–water partition coefficient (Wildman–Crippen LogP) is 3.69. The van der Waals surface area contributed by atoms with Gasteiger partial charge in [0.2, 0.25) is 5.91 Å². The van der Waals surface area contributed by atoms with Gasteiger partial charge in [-0.15, -0.1) is 0 Å². The lowest BCUT2D eigenvalue weighted by Gasteiger charge is -2.28. The van der Waals surface area contributed by atoms with Crippen molar-refractivity contribution in [2.75, 3.05) is 13.1 Å². The van der Waals surface area contributed by atoms with Crippen LogP contribution in [-0.2, 0) is 4.79 Å². The fraction of sp³-hybridized carbons (Fsp3) is 0.923. The van der Waals surface area contributed by atoms with Crippen molar-refractivity contribution >= 4 is 21.8 Å². The molecule has 1 atom stereocenters. The molecule has 0 aromatic heterocycles. The molecule has 0 radical (unpaired) electrons. The zero-order chi connectivity index (χ0) is 12.7. The zero-order valence-electron chi connectivity index (χ0n) is 11.3. The van der Waals surface area contributed by atoms with Gasteiger partial charge >= 0.3 is 0 Å². The van der Waals surface area contributed by atoms with Crippen LogP contribution in [0.25, 0.3) is 0 Å². The van der Waals surface area contributed by atoms with Gasteiger partial charge in [0.05, 0.1) is 4.83 Å². The van der Waals surface area contributed by atoms with Crippen LogP contribution in [0.3, 0.4) is 0 Å². The van der Waals surface area contributed by atoms with Crippen LogP contribution in [0, 0.1) is 11.8 Å². The number of carbonyl (C=O) groups excluding carboxylic acids is 1. The first-order valence-corrected chi connectivity index (χ1v) is 7.32. The summed E-state index contributed by atoms with van der Waals surface area (Å²) in [5.74, 6) is 1.23. The maximum atomic E-state index is 12.2. The Hall–Kier alpha value is -0.0500. The van der Waals surface area contributed by atoms with E-state index in [1.807, 2.05) is 4.90 Å². The minimum atomic E-state index is -0.0400. The molecule has 16 heavy (non-hydrogen) atoms. The lowest BCUT2D eigenvalue weighted by Crippen LogP contribution is -2.41. The molecule has 0 spiro atoms. The molecular weight excluding hydrogens is 266 g/mol. The van der Waals surface area contributed by atoms with Crippen molar-refractivity contribution in [3.05, 3.63) is 0 Å². The number of halogens is 1. The minimum absolute atomic E-state index is 0.0400. The highest BCUT2D eigenvalue weighted by Gasteiger charge is 2.24. The molecule has 0 bridgehead atoms. The lowest BCUT2D eigenvalue weighted by atomic mass is 10.0. The van der Waals surface area contributed by atoms with Gasteiger partial charge in [0, 0.05) is 13.1 Å². The van der Waals surface area contributed by atoms with Crippen LogP contribution in [0.4, 0.5) is 0 Å². The predicted molar refractivity (Wildman–Crippen MR) is 73.9 cm³/mol. The Morgan fingerprint density at radius 2 is 1.69 bits per heavy atom. The topological polar surface area (TPSA) is 20.3 Å². The second kappa shape index (κ2) is 8.10. The second-order valence-electron chi connectivity index (χ2n) is 4.71. The molecule has 1 amide bonds. The van der Waals surface area contributed by atoms with Crippen LogP contribution < -0.4 is 0 Å². The average molecular weight is 292 g/mol. The monoisotopic (exact) mass is 291 g/mol. The standard InChI is InChI=1S/C13H26BrNO/c1-6-11(7-2)9-15(8-3)13(16)12(14)10(4)5/h10-12H,6-9H2,1-5H3. The summed E-state index contributed by atoms with van der Waals surface area (Å²) >= 11 is 3.49. The normalized spacial score (nSPS) is 13.2. The molecule has 0 aliphatic heterocycles. The van der Waals surface area contributed by atoms with E-state index in [0.29, 0.717) is 11.8 Å². The number of alkyl halides is 1. The highest BCUT2D eigenvalue weighted by atomic mass is 79.9. The summed E-state index contributed by atoms with van der Waals surface area (Å²) < 4.78 is 0. The Balaban J connectivity index is 4.42. The van der Waals surface area contributed by atoms with Gasteiger partial charge in [-0.1, -0.05) is 56.5 Å². The van der Waals surface area contributed by atoms with Crippen molar-refractivity contribution < 1.29 is 4.79 Å². The summed E-state index contributed by atoms with van der Waals surface area (Å²) in [4.78, 5) is 14.1. The van der Waals surface area contributed by atoms with Crippen LogP contribution in [0.15, 0.2) is 0 Å². The van der Waals surface area contributed by atoms with E-state index in [0.717, 1.165) is 25.9 Å². The summed E-state index contributed by atoms with van der Waals surface area (Å²) in [6.45, 7) is 12.3. The summed E-state index contributed by atoms with van der Waals surface area (Å²) in [7, 11) is 0. The van der Waals surface area contributed by atoms with Crippen molar-refractivity contribution in [1.82, 2.24) is 4.90 Å². The molecule has 96 valence electrons. The van der Waals surface area contributed by atoms with E-state index in [1.54, 1.807) is 0 Å². The van der Waals surface area contributed by atoms with Gasteiger partial charge in [0.1, 0.15) is 0 Å². The van der Waals surface area contributed by atoms with Crippen LogP contribution in [0.5, 0.6) is 0 Å². The fourth-order valence-electron chi connectivity index (χ4n) is 1.69. The van der Waals surface area contributed by atoms with Crippen molar-refractivity contribution in [1.29, 1.82) is 0 Å². The number of rotatable bonds is 7. The van der Waals surface area contributed by atoms with Gasteiger partial charge in [0.15, 0.2) is 0 Å². The molecule has 0 fully saturated rings. The Morgan fingerprint density at radius 3 is 2.00 bits per heavy atom. The van der Waals surface area contributed by atoms with Crippen molar-refractivity contribution in [3.63, 3.8) is 0 Å². The van der Waals surface area contributed by atoms with E-state index in [9.17, 15) is 4.79 Å². The molecule has 0 rings (SSSR count). The molecule has 0 aromatic carbocycles. The molecule has 0 aromatic rings. The maximum absolute atomic E-state index is 12.2. The molecule has 0 heterocycles. The van der Waals surface area contributed by atoms with Gasteiger partial charge in [-0.3, -0.25) is 4.79 Å². The number of hydrogen-bond acceptors (Lipinski definition) is 1. The van der Waals surface area contributed by atoms with Crippen LogP contribution in [0.2, 0.25) is 0 Å². The zero-order valence-corrected chi connectivity index (χ0v) is 12.9. The summed E-state index contributed by atoms with van der Waals surface area (Å²) in [6.07, 6.45) is 2.30. The molecule has 0 aliphatic rings. The summed E-state index contributed by atoms with van der Waals surface area (Å²) in [6, 6.07) is 0. The van der Waals surface area contributed by atoms with Crippen molar-refractivity contribution in [2.24, 2.45) is 11.8 Å². The molecule has 0 saturated carbocycles. The third-order valence-electron chi connectivity index (χ3n) is 3.15. The number of hydrogen-bond donors (Lipinski definition) is 0. The molecule has 1 unspecified atom stereocenters. The highest BCUT2D eigenvalue weighted by molar-refractivity contribution is 9.10. The van der Waals surface area contributed by atoms with E-state index >= 15 is 0 Å². The lowest BCUT2D eigenvalue weighted by molar-refractivity contribution is -0.131. The SMILES string of the molecule is CCC(CC)CN(CC)C(=O)C(Br)C(C)C. The van der Waals surface area contributed by atoms with Gasteiger partial charge in [-0.2, -0.15) is 0 Å². The van der Waals surface area contributed by atoms with E-state index in [4.69, 9.17) is 0 Å². The average Bonchev–Trinajstić information content (AvgIpc) is 2.29. The third kappa shape index (κ3) is 4.86. The largest absolute Gasteiger partial charge is 0.342 e. The van der Waals surface area contributed by atoms with E-state index in [-0.39, 0.29) is 10.7 Å². The molecule has 2 nitrogen and oxygen atoms in total. The fourth-order valence-corrected chi connectivity index (χ4v) is 1.98. The van der Waals surface area contributed by atoms with Gasteiger partial charge in [-0.25, -0.2) is 0 Å². The van der Waals surface area contributed by atoms with Gasteiger partial charge in [-0.05, 0) is 18.8 Å². The van der Waals surface area contributed by atoms with Gasteiger partial charge < -0.3 is 4.90 Å². The Morgan fingerprint density at radius 1 is 1.19 bits per heavy atom. The van der Waals surface area contributed by atoms with Crippen LogP contribution in [-0.4, -0.2) is 28.7 Å². The number of nitrogens with zero attached hydrogens (tertiary/aromatic N) is 1. The summed E-state index contributed by atoms with van der Waals surface area (Å²) in [5.41, 5.74) is 0. The molecular formula is C13H26BrNO. The van der Waals surface area contributed by atoms with Crippen LogP contribution >= 0.6 is 15.9 Å². The second-order valence-corrected chi connectivity index (χ2v) is 5.69. The van der Waals surface area contributed by atoms with E-state index in [2.05, 4.69) is 50.5 Å². The molecule has 0 aliphatic carbocycles. The molecule has 0 saturated heterocycles. The van der Waals surface area contributed by atoms with E-state index in [1.165, 1.54) is 0 Å². The first-order chi connectivity index (χ1) is 7.47. The Bertz CT molecular complexity index is 202. The first-order valence-electron chi connectivity index (χ1n) is 6.40. The van der Waals surface area contributed by atoms with Crippen molar-refractivity contribution in [2.45, 2.75) is 52.3 Å². The minimum Gasteiger partial charge on any atom is -0.342 e. The smallest absolute Gasteiger partial charge is 0.236 e. The van der Waals surface area contributed by atoms with Gasteiger partial charge in [0.25, 0.3) is 0 Å². The van der Waals surface area contributed by atoms with Crippen molar-refractivity contribution in [3.8, 4) is 0 Å². The number of amides is 1. The molecule has 3 heteroatoms. The summed E-state index contributed by atoms with van der Waals surface area (Å²) in [5, 5.41) is 0. The number of carbonyl (C=O) groups is 1. The Labute approximate surface area is 109 Å².